The summed E-state index contributed by atoms with van der Waals surface area (Å²) in [5, 5.41) is 2.49. The van der Waals surface area contributed by atoms with E-state index in [0.717, 1.165) is 0 Å². The molecule has 1 aliphatic rings. The predicted molar refractivity (Wildman–Crippen MR) is 54.8 cm³/mol. The third-order valence-corrected chi connectivity index (χ3v) is 2.83. The van der Waals surface area contributed by atoms with Crippen LogP contribution in [-0.4, -0.2) is 18.5 Å². The van der Waals surface area contributed by atoms with Gasteiger partial charge in [0.15, 0.2) is 0 Å². The number of halogens is 2. The van der Waals surface area contributed by atoms with Crippen LogP contribution >= 0.6 is 0 Å². The Morgan fingerprint density at radius 1 is 1.38 bits per heavy atom. The minimum absolute atomic E-state index is 0.101. The van der Waals surface area contributed by atoms with E-state index in [1.54, 1.807) is 6.92 Å². The first-order chi connectivity index (χ1) is 7.50. The van der Waals surface area contributed by atoms with Crippen LogP contribution in [0.4, 0.5) is 8.78 Å². The highest BCUT2D eigenvalue weighted by atomic mass is 19.1. The molecule has 2 atom stereocenters. The molecule has 3 N–H and O–H groups in total. The van der Waals surface area contributed by atoms with Gasteiger partial charge in [0.1, 0.15) is 11.6 Å². The number of nitrogens with one attached hydrogen (secondary N) is 1. The van der Waals surface area contributed by atoms with Crippen molar-refractivity contribution in [3.8, 4) is 0 Å². The fraction of sp³-hybridized carbons (Fsp3) is 0.364. The van der Waals surface area contributed by atoms with Crippen LogP contribution in [-0.2, 0) is 4.79 Å². The molecule has 0 unspecified atom stereocenters. The zero-order valence-electron chi connectivity index (χ0n) is 8.76. The van der Waals surface area contributed by atoms with E-state index in [1.807, 2.05) is 0 Å². The van der Waals surface area contributed by atoms with E-state index in [1.165, 1.54) is 12.1 Å². The van der Waals surface area contributed by atoms with Crippen molar-refractivity contribution in [2.45, 2.75) is 18.9 Å². The molecule has 1 aliphatic heterocycles. The summed E-state index contributed by atoms with van der Waals surface area (Å²) in [4.78, 5) is 11.2. The van der Waals surface area contributed by atoms with Crippen LogP contribution in [0.3, 0.4) is 0 Å². The van der Waals surface area contributed by atoms with Gasteiger partial charge in [-0.1, -0.05) is 0 Å². The number of hydrogen-bond donors (Lipinski definition) is 2. The normalized spacial score (nSPS) is 24.6. The first-order valence-electron chi connectivity index (χ1n) is 4.99. The second-order valence-electron chi connectivity index (χ2n) is 4.02. The highest BCUT2D eigenvalue weighted by Crippen LogP contribution is 2.28. The summed E-state index contributed by atoms with van der Waals surface area (Å²) in [5.74, 6) is -2.29. The van der Waals surface area contributed by atoms with E-state index in [2.05, 4.69) is 5.32 Å². The molecule has 0 bridgehead atoms. The van der Waals surface area contributed by atoms with Crippen molar-refractivity contribution in [3.05, 3.63) is 34.9 Å². The molecule has 1 aromatic rings. The number of hydrogen-bond acceptors (Lipinski definition) is 2. The van der Waals surface area contributed by atoms with Crippen LogP contribution < -0.4 is 11.1 Å². The molecule has 0 saturated carbocycles. The molecule has 1 heterocycles. The lowest BCUT2D eigenvalue weighted by Crippen LogP contribution is -2.33. The van der Waals surface area contributed by atoms with E-state index >= 15 is 0 Å². The number of benzene rings is 1. The number of carbonyl (C=O) groups excluding carboxylic acids is 1. The van der Waals surface area contributed by atoms with Gasteiger partial charge in [0, 0.05) is 18.0 Å². The van der Waals surface area contributed by atoms with Crippen LogP contribution in [0, 0.1) is 18.6 Å². The minimum atomic E-state index is -0.883. The Labute approximate surface area is 91.6 Å². The molecule has 0 radical (unpaired) electrons. The predicted octanol–water partition coefficient (Wildman–Crippen LogP) is 0.814. The van der Waals surface area contributed by atoms with Gasteiger partial charge in [-0.25, -0.2) is 8.78 Å². The summed E-state index contributed by atoms with van der Waals surface area (Å²) >= 11 is 0. The molecule has 0 spiro atoms. The van der Waals surface area contributed by atoms with Crippen molar-refractivity contribution in [2.24, 2.45) is 5.73 Å². The highest BCUT2D eigenvalue weighted by molar-refractivity contribution is 5.85. The monoisotopic (exact) mass is 226 g/mol. The van der Waals surface area contributed by atoms with E-state index in [4.69, 9.17) is 5.73 Å². The van der Waals surface area contributed by atoms with Crippen LogP contribution in [0.1, 0.15) is 17.0 Å². The average Bonchev–Trinajstić information content (AvgIpc) is 2.48. The zero-order chi connectivity index (χ0) is 11.9. The van der Waals surface area contributed by atoms with Crippen LogP contribution in [0.2, 0.25) is 0 Å². The largest absolute Gasteiger partial charge is 0.354 e. The molecule has 0 aromatic heterocycles. The summed E-state index contributed by atoms with van der Waals surface area (Å²) in [5.41, 5.74) is 5.99. The quantitative estimate of drug-likeness (QED) is 0.744. The second kappa shape index (κ2) is 3.83. The third-order valence-electron chi connectivity index (χ3n) is 2.83. The minimum Gasteiger partial charge on any atom is -0.354 e. The maximum absolute atomic E-state index is 13.6. The number of rotatable bonds is 1. The van der Waals surface area contributed by atoms with E-state index in [0.29, 0.717) is 5.56 Å². The van der Waals surface area contributed by atoms with Gasteiger partial charge in [-0.15, -0.1) is 0 Å². The Hall–Kier alpha value is -1.49. The number of aryl methyl sites for hydroxylation is 1. The van der Waals surface area contributed by atoms with Crippen molar-refractivity contribution in [3.63, 3.8) is 0 Å². The summed E-state index contributed by atoms with van der Waals surface area (Å²) in [6.45, 7) is 1.78. The smallest absolute Gasteiger partial charge is 0.237 e. The first-order valence-corrected chi connectivity index (χ1v) is 4.99. The lowest BCUT2D eigenvalue weighted by Gasteiger charge is -2.15. The van der Waals surface area contributed by atoms with Crippen LogP contribution in [0.15, 0.2) is 12.1 Å². The van der Waals surface area contributed by atoms with Gasteiger partial charge in [0.25, 0.3) is 0 Å². The Balaban J connectivity index is 2.45. The van der Waals surface area contributed by atoms with E-state index in [-0.39, 0.29) is 18.0 Å². The van der Waals surface area contributed by atoms with Crippen molar-refractivity contribution >= 4 is 5.91 Å². The fourth-order valence-corrected chi connectivity index (χ4v) is 1.98. The van der Waals surface area contributed by atoms with Gasteiger partial charge in [-0.3, -0.25) is 4.79 Å². The zero-order valence-corrected chi connectivity index (χ0v) is 8.76. The van der Waals surface area contributed by atoms with Crippen LogP contribution in [0.5, 0.6) is 0 Å². The van der Waals surface area contributed by atoms with Crippen molar-refractivity contribution in [1.82, 2.24) is 5.32 Å². The molecule has 5 heteroatoms. The summed E-state index contributed by atoms with van der Waals surface area (Å²) in [6, 6.07) is 1.61. The third kappa shape index (κ3) is 1.67. The van der Waals surface area contributed by atoms with Gasteiger partial charge >= 0.3 is 0 Å². The molecule has 1 saturated heterocycles. The number of amides is 1. The molecule has 1 fully saturated rings. The second-order valence-corrected chi connectivity index (χ2v) is 4.02. The Morgan fingerprint density at radius 3 is 2.38 bits per heavy atom. The standard InChI is InChI=1S/C11H12F2N2O/c1-5-2-7(12)9(8(13)3-5)6-4-15-11(16)10(6)14/h2-3,6,10H,4,14H2,1H3,(H,15,16)/t6-,10-/m0/s1. The maximum Gasteiger partial charge on any atom is 0.237 e. The number of nitrogens with two attached hydrogens (primary N) is 1. The topological polar surface area (TPSA) is 55.1 Å². The van der Waals surface area contributed by atoms with Gasteiger partial charge < -0.3 is 11.1 Å². The summed E-state index contributed by atoms with van der Waals surface area (Å²) < 4.78 is 27.3. The average molecular weight is 226 g/mol. The molecular formula is C11H12F2N2O. The van der Waals surface area contributed by atoms with Gasteiger partial charge in [-0.2, -0.15) is 0 Å². The van der Waals surface area contributed by atoms with E-state index < -0.39 is 23.6 Å². The van der Waals surface area contributed by atoms with Crippen molar-refractivity contribution in [2.75, 3.05) is 6.54 Å². The van der Waals surface area contributed by atoms with Crippen molar-refractivity contribution < 1.29 is 13.6 Å². The molecule has 16 heavy (non-hydrogen) atoms. The Morgan fingerprint density at radius 2 is 1.94 bits per heavy atom. The molecular weight excluding hydrogens is 214 g/mol. The molecule has 1 amide bonds. The fourth-order valence-electron chi connectivity index (χ4n) is 1.98. The molecule has 1 aromatic carbocycles. The molecule has 0 aliphatic carbocycles. The van der Waals surface area contributed by atoms with Crippen LogP contribution in [0.25, 0.3) is 0 Å². The van der Waals surface area contributed by atoms with Crippen molar-refractivity contribution in [1.29, 1.82) is 0 Å². The van der Waals surface area contributed by atoms with E-state index in [9.17, 15) is 13.6 Å². The molecule has 3 nitrogen and oxygen atoms in total. The molecule has 86 valence electrons. The lowest BCUT2D eigenvalue weighted by atomic mass is 9.93. The van der Waals surface area contributed by atoms with Gasteiger partial charge in [-0.05, 0) is 24.6 Å². The summed E-state index contributed by atoms with van der Waals surface area (Å²) in [6.07, 6.45) is 0. The maximum atomic E-state index is 13.6. The van der Waals surface area contributed by atoms with Gasteiger partial charge in [0.05, 0.1) is 6.04 Å². The molecule has 2 rings (SSSR count). The Kier molecular flexibility index (Phi) is 2.63. The summed E-state index contributed by atoms with van der Waals surface area (Å²) in [7, 11) is 0. The highest BCUT2D eigenvalue weighted by Gasteiger charge is 2.36. The number of carbonyl (C=O) groups is 1. The Bertz CT molecular complexity index is 425. The lowest BCUT2D eigenvalue weighted by molar-refractivity contribution is -0.120. The SMILES string of the molecule is Cc1cc(F)c([C@@H]2CNC(=O)[C@H]2N)c(F)c1. The van der Waals surface area contributed by atoms with Gasteiger partial charge in [0.2, 0.25) is 5.91 Å². The first kappa shape index (κ1) is 11.0.